The van der Waals surface area contributed by atoms with E-state index in [1.165, 1.54) is 11.3 Å². The van der Waals surface area contributed by atoms with Crippen LogP contribution < -0.4 is 5.32 Å². The standard InChI is InChI=1S/C17H23N3OS/c1-17(2,3)20-15-8-4-7-14(13(15)11-18-20)19-16(21)10-12-6-5-9-22-12/h5-6,9,11,14H,4,7-8,10H2,1-3H3,(H,19,21). The van der Waals surface area contributed by atoms with Gasteiger partial charge in [-0.15, -0.1) is 11.3 Å². The Bertz CT molecular complexity index is 652. The van der Waals surface area contributed by atoms with Gasteiger partial charge in [0.15, 0.2) is 0 Å². The SMILES string of the molecule is CC(C)(C)n1ncc2c1CCCC2NC(=O)Cc1cccs1. The van der Waals surface area contributed by atoms with Crippen molar-refractivity contribution < 1.29 is 4.79 Å². The van der Waals surface area contributed by atoms with Gasteiger partial charge in [0.2, 0.25) is 5.91 Å². The minimum Gasteiger partial charge on any atom is -0.349 e. The maximum absolute atomic E-state index is 12.3. The molecule has 1 atom stereocenters. The third-order valence-electron chi connectivity index (χ3n) is 4.07. The third-order valence-corrected chi connectivity index (χ3v) is 4.94. The highest BCUT2D eigenvalue weighted by Crippen LogP contribution is 2.32. The average molecular weight is 317 g/mol. The van der Waals surface area contributed by atoms with E-state index < -0.39 is 0 Å². The molecule has 0 aliphatic heterocycles. The van der Waals surface area contributed by atoms with Crippen LogP contribution in [0.25, 0.3) is 0 Å². The molecular formula is C17H23N3OS. The summed E-state index contributed by atoms with van der Waals surface area (Å²) in [4.78, 5) is 13.4. The molecule has 0 radical (unpaired) electrons. The molecule has 2 aromatic rings. The highest BCUT2D eigenvalue weighted by atomic mass is 32.1. The van der Waals surface area contributed by atoms with Crippen molar-refractivity contribution in [2.45, 2.75) is 58.0 Å². The van der Waals surface area contributed by atoms with E-state index in [4.69, 9.17) is 0 Å². The van der Waals surface area contributed by atoms with Crippen LogP contribution in [0.4, 0.5) is 0 Å². The lowest BCUT2D eigenvalue weighted by Gasteiger charge is -2.28. The van der Waals surface area contributed by atoms with Gasteiger partial charge in [0.1, 0.15) is 0 Å². The van der Waals surface area contributed by atoms with Gasteiger partial charge in [0, 0.05) is 16.1 Å². The van der Waals surface area contributed by atoms with Crippen LogP contribution in [0, 0.1) is 0 Å². The summed E-state index contributed by atoms with van der Waals surface area (Å²) in [6.45, 7) is 6.50. The van der Waals surface area contributed by atoms with Crippen molar-refractivity contribution in [1.82, 2.24) is 15.1 Å². The molecule has 1 aliphatic rings. The quantitative estimate of drug-likeness (QED) is 0.942. The van der Waals surface area contributed by atoms with Crippen molar-refractivity contribution in [3.63, 3.8) is 0 Å². The Hall–Kier alpha value is -1.62. The summed E-state index contributed by atoms with van der Waals surface area (Å²) in [5.74, 6) is 0.101. The normalized spacial score (nSPS) is 18.0. The first kappa shape index (κ1) is 15.3. The Kier molecular flexibility index (Phi) is 4.08. The number of carbonyl (C=O) groups excluding carboxylic acids is 1. The maximum atomic E-state index is 12.3. The number of fused-ring (bicyclic) bond motifs is 1. The predicted molar refractivity (Wildman–Crippen MR) is 89.1 cm³/mol. The van der Waals surface area contributed by atoms with Crippen molar-refractivity contribution in [3.8, 4) is 0 Å². The van der Waals surface area contributed by atoms with Crippen LogP contribution in [0.3, 0.4) is 0 Å². The Morgan fingerprint density at radius 2 is 2.32 bits per heavy atom. The fraction of sp³-hybridized carbons (Fsp3) is 0.529. The molecule has 2 heterocycles. The second kappa shape index (κ2) is 5.88. The average Bonchev–Trinajstić information content (AvgIpc) is 3.06. The van der Waals surface area contributed by atoms with Gasteiger partial charge in [-0.3, -0.25) is 9.48 Å². The van der Waals surface area contributed by atoms with E-state index in [9.17, 15) is 4.79 Å². The first-order valence-electron chi connectivity index (χ1n) is 7.84. The maximum Gasteiger partial charge on any atom is 0.225 e. The van der Waals surface area contributed by atoms with Crippen LogP contribution in [-0.4, -0.2) is 15.7 Å². The van der Waals surface area contributed by atoms with Crippen molar-refractivity contribution in [2.24, 2.45) is 0 Å². The Labute approximate surface area is 135 Å². The van der Waals surface area contributed by atoms with E-state index in [1.807, 2.05) is 23.7 Å². The lowest BCUT2D eigenvalue weighted by molar-refractivity contribution is -0.121. The lowest BCUT2D eigenvalue weighted by atomic mass is 9.92. The van der Waals surface area contributed by atoms with Gasteiger partial charge in [-0.1, -0.05) is 6.07 Å². The van der Waals surface area contributed by atoms with Gasteiger partial charge in [0.25, 0.3) is 0 Å². The molecule has 0 bridgehead atoms. The molecule has 0 spiro atoms. The zero-order chi connectivity index (χ0) is 15.7. The molecule has 2 aromatic heterocycles. The number of rotatable bonds is 3. The Morgan fingerprint density at radius 1 is 1.50 bits per heavy atom. The third kappa shape index (κ3) is 3.09. The molecule has 1 unspecified atom stereocenters. The summed E-state index contributed by atoms with van der Waals surface area (Å²) in [5, 5.41) is 9.77. The lowest BCUT2D eigenvalue weighted by Crippen LogP contribution is -2.33. The summed E-state index contributed by atoms with van der Waals surface area (Å²) in [7, 11) is 0. The largest absolute Gasteiger partial charge is 0.349 e. The molecule has 5 heteroatoms. The molecule has 1 aliphatic carbocycles. The van der Waals surface area contributed by atoms with Crippen molar-refractivity contribution in [1.29, 1.82) is 0 Å². The molecule has 3 rings (SSSR count). The zero-order valence-corrected chi connectivity index (χ0v) is 14.2. The second-order valence-corrected chi connectivity index (χ2v) is 7.93. The second-order valence-electron chi connectivity index (χ2n) is 6.90. The van der Waals surface area contributed by atoms with Gasteiger partial charge < -0.3 is 5.32 Å². The summed E-state index contributed by atoms with van der Waals surface area (Å²) in [6.07, 6.45) is 5.55. The highest BCUT2D eigenvalue weighted by molar-refractivity contribution is 7.10. The number of thiophene rings is 1. The number of hydrogen-bond donors (Lipinski definition) is 1. The molecule has 22 heavy (non-hydrogen) atoms. The van der Waals surface area contributed by atoms with Gasteiger partial charge in [-0.05, 0) is 51.5 Å². The van der Waals surface area contributed by atoms with Crippen molar-refractivity contribution in [2.75, 3.05) is 0 Å². The molecule has 0 aromatic carbocycles. The van der Waals surface area contributed by atoms with E-state index in [1.54, 1.807) is 11.3 Å². The number of carbonyl (C=O) groups is 1. The molecule has 1 amide bonds. The number of aromatic nitrogens is 2. The molecule has 1 N–H and O–H groups in total. The number of hydrogen-bond acceptors (Lipinski definition) is 3. The summed E-state index contributed by atoms with van der Waals surface area (Å²) >= 11 is 1.63. The van der Waals surface area contributed by atoms with E-state index in [0.29, 0.717) is 6.42 Å². The van der Waals surface area contributed by atoms with Gasteiger partial charge in [-0.2, -0.15) is 5.10 Å². The first-order chi connectivity index (χ1) is 10.4. The van der Waals surface area contributed by atoms with Crippen LogP contribution in [0.5, 0.6) is 0 Å². The molecular weight excluding hydrogens is 294 g/mol. The topological polar surface area (TPSA) is 46.9 Å². The van der Waals surface area contributed by atoms with Crippen molar-refractivity contribution >= 4 is 17.2 Å². The smallest absolute Gasteiger partial charge is 0.225 e. The van der Waals surface area contributed by atoms with E-state index >= 15 is 0 Å². The van der Waals surface area contributed by atoms with Gasteiger partial charge >= 0.3 is 0 Å². The Morgan fingerprint density at radius 3 is 3.00 bits per heavy atom. The molecule has 0 saturated heterocycles. The highest BCUT2D eigenvalue weighted by Gasteiger charge is 2.28. The van der Waals surface area contributed by atoms with E-state index in [2.05, 4.69) is 35.9 Å². The van der Waals surface area contributed by atoms with E-state index in [-0.39, 0.29) is 17.5 Å². The fourth-order valence-corrected chi connectivity index (χ4v) is 3.81. The van der Waals surface area contributed by atoms with Crippen LogP contribution in [0.2, 0.25) is 0 Å². The summed E-state index contributed by atoms with van der Waals surface area (Å²) < 4.78 is 2.11. The molecule has 0 saturated carbocycles. The molecule has 0 fully saturated rings. The Balaban J connectivity index is 1.75. The minimum atomic E-state index is -0.0174. The molecule has 4 nitrogen and oxygen atoms in total. The molecule has 118 valence electrons. The van der Waals surface area contributed by atoms with Crippen molar-refractivity contribution in [3.05, 3.63) is 39.8 Å². The monoisotopic (exact) mass is 317 g/mol. The minimum absolute atomic E-state index is 0.0174. The predicted octanol–water partition coefficient (Wildman–Crippen LogP) is 3.44. The van der Waals surface area contributed by atoms with Crippen LogP contribution >= 0.6 is 11.3 Å². The zero-order valence-electron chi connectivity index (χ0n) is 13.4. The number of nitrogens with zero attached hydrogens (tertiary/aromatic N) is 2. The van der Waals surface area contributed by atoms with Gasteiger partial charge in [0.05, 0.1) is 24.2 Å². The number of nitrogens with one attached hydrogen (secondary N) is 1. The van der Waals surface area contributed by atoms with Crippen LogP contribution in [0.15, 0.2) is 23.7 Å². The van der Waals surface area contributed by atoms with Crippen LogP contribution in [-0.2, 0) is 23.2 Å². The number of amides is 1. The summed E-state index contributed by atoms with van der Waals surface area (Å²) in [6, 6.07) is 4.10. The first-order valence-corrected chi connectivity index (χ1v) is 8.72. The van der Waals surface area contributed by atoms with Crippen LogP contribution in [0.1, 0.15) is 55.8 Å². The fourth-order valence-electron chi connectivity index (χ4n) is 3.10. The van der Waals surface area contributed by atoms with Gasteiger partial charge in [-0.25, -0.2) is 0 Å². The summed E-state index contributed by atoms with van der Waals surface area (Å²) in [5.41, 5.74) is 2.46. The van der Waals surface area contributed by atoms with E-state index in [0.717, 1.165) is 24.1 Å².